The number of sulfone groups is 1. The Labute approximate surface area is 135 Å². The van der Waals surface area contributed by atoms with E-state index in [9.17, 15) is 12.8 Å². The molecule has 2 atom stereocenters. The van der Waals surface area contributed by atoms with E-state index in [1.54, 1.807) is 17.6 Å². The molecule has 1 saturated heterocycles. The molecule has 2 heterocycles. The fourth-order valence-corrected chi connectivity index (χ4v) is 4.94. The molecule has 1 fully saturated rings. The van der Waals surface area contributed by atoms with Crippen LogP contribution in [0.2, 0.25) is 0 Å². The van der Waals surface area contributed by atoms with Crippen molar-refractivity contribution in [1.82, 2.24) is 9.55 Å². The van der Waals surface area contributed by atoms with Gasteiger partial charge in [0, 0.05) is 6.07 Å². The molecule has 1 aliphatic rings. The summed E-state index contributed by atoms with van der Waals surface area (Å²) in [5.74, 6) is 0.365. The molecule has 8 heteroatoms. The predicted molar refractivity (Wildman–Crippen MR) is 84.0 cm³/mol. The molecule has 114 valence electrons. The third kappa shape index (κ3) is 2.71. The maximum atomic E-state index is 13.8. The van der Waals surface area contributed by atoms with Crippen LogP contribution in [-0.4, -0.2) is 29.5 Å². The van der Waals surface area contributed by atoms with Gasteiger partial charge in [0.05, 0.1) is 38.4 Å². The molecule has 1 aromatic carbocycles. The summed E-state index contributed by atoms with van der Waals surface area (Å²) in [6.07, 6.45) is 0.502. The number of alkyl halides is 1. The molecule has 0 bridgehead atoms. The summed E-state index contributed by atoms with van der Waals surface area (Å²) < 4.78 is 39.4. The lowest BCUT2D eigenvalue weighted by atomic mass is 10.2. The number of rotatable bonds is 2. The van der Waals surface area contributed by atoms with Crippen molar-refractivity contribution in [2.45, 2.75) is 24.8 Å². The maximum absolute atomic E-state index is 13.8. The van der Waals surface area contributed by atoms with Crippen molar-refractivity contribution in [2.75, 3.05) is 11.5 Å². The summed E-state index contributed by atoms with van der Waals surface area (Å²) in [4.78, 5) is 4.45. The average Bonchev–Trinajstić information content (AvgIpc) is 2.90. The van der Waals surface area contributed by atoms with Gasteiger partial charge in [-0.3, -0.25) is 0 Å². The van der Waals surface area contributed by atoms with Crippen LogP contribution in [0.5, 0.6) is 0 Å². The second kappa shape index (κ2) is 5.21. The molecule has 3 rings (SSSR count). The number of imidazole rings is 1. The Morgan fingerprint density at radius 1 is 1.52 bits per heavy atom. The molecule has 0 aliphatic carbocycles. The van der Waals surface area contributed by atoms with Crippen LogP contribution < -0.4 is 0 Å². The van der Waals surface area contributed by atoms with Crippen LogP contribution in [0.15, 0.2) is 16.6 Å². The Kier molecular flexibility index (Phi) is 3.78. The third-order valence-corrected chi connectivity index (χ3v) is 6.24. The van der Waals surface area contributed by atoms with Gasteiger partial charge < -0.3 is 4.57 Å². The van der Waals surface area contributed by atoms with Crippen LogP contribution in [0.4, 0.5) is 4.39 Å². The van der Waals surface area contributed by atoms with Crippen molar-refractivity contribution in [3.05, 3.63) is 28.2 Å². The fourth-order valence-electron chi connectivity index (χ4n) is 2.75. The van der Waals surface area contributed by atoms with E-state index in [1.165, 1.54) is 6.07 Å². The minimum Gasteiger partial charge on any atom is -0.322 e. The molecule has 0 radical (unpaired) electrons. The largest absolute Gasteiger partial charge is 0.322 e. The van der Waals surface area contributed by atoms with Crippen LogP contribution in [0, 0.1) is 5.82 Å². The first kappa shape index (κ1) is 15.2. The monoisotopic (exact) mass is 394 g/mol. The molecule has 4 nitrogen and oxygen atoms in total. The summed E-state index contributed by atoms with van der Waals surface area (Å²) in [7, 11) is -3.05. The number of aromatic nitrogens is 2. The zero-order valence-electron chi connectivity index (χ0n) is 11.2. The average molecular weight is 396 g/mol. The highest BCUT2D eigenvalue weighted by molar-refractivity contribution is 9.10. The molecule has 1 aliphatic heterocycles. The minimum absolute atomic E-state index is 0.0484. The van der Waals surface area contributed by atoms with Gasteiger partial charge in [0.25, 0.3) is 0 Å². The molecular formula is C13H13BrClFN2O2S. The number of hydrogen-bond donors (Lipinski definition) is 0. The van der Waals surface area contributed by atoms with Gasteiger partial charge in [-0.25, -0.2) is 17.8 Å². The van der Waals surface area contributed by atoms with Crippen LogP contribution >= 0.6 is 27.5 Å². The molecular weight excluding hydrogens is 383 g/mol. The minimum atomic E-state index is -3.05. The van der Waals surface area contributed by atoms with Crippen LogP contribution in [0.3, 0.4) is 0 Å². The van der Waals surface area contributed by atoms with Gasteiger partial charge in [0.15, 0.2) is 9.84 Å². The van der Waals surface area contributed by atoms with E-state index in [2.05, 4.69) is 20.9 Å². The van der Waals surface area contributed by atoms with Gasteiger partial charge in [0.2, 0.25) is 0 Å². The van der Waals surface area contributed by atoms with E-state index in [-0.39, 0.29) is 22.9 Å². The number of benzene rings is 1. The van der Waals surface area contributed by atoms with Gasteiger partial charge in [-0.1, -0.05) is 0 Å². The van der Waals surface area contributed by atoms with Crippen molar-refractivity contribution >= 4 is 48.4 Å². The third-order valence-electron chi connectivity index (χ3n) is 3.69. The fraction of sp³-hybridized carbons (Fsp3) is 0.462. The van der Waals surface area contributed by atoms with E-state index in [0.29, 0.717) is 27.8 Å². The molecule has 2 unspecified atom stereocenters. The highest BCUT2D eigenvalue weighted by Crippen LogP contribution is 2.34. The molecule has 0 saturated carbocycles. The Balaban J connectivity index is 2.23. The SMILES string of the molecule is CC(Cl)c1nc2cc(Br)c(F)cc2n1C1CCS(=O)(=O)C1. The quantitative estimate of drug-likeness (QED) is 0.730. The van der Waals surface area contributed by atoms with Gasteiger partial charge in [-0.05, 0) is 35.3 Å². The van der Waals surface area contributed by atoms with Gasteiger partial charge in [-0.2, -0.15) is 0 Å². The van der Waals surface area contributed by atoms with Gasteiger partial charge >= 0.3 is 0 Å². The van der Waals surface area contributed by atoms with Crippen molar-refractivity contribution < 1.29 is 12.8 Å². The lowest BCUT2D eigenvalue weighted by Crippen LogP contribution is -2.14. The normalized spacial score (nSPS) is 22.8. The first-order valence-electron chi connectivity index (χ1n) is 6.50. The van der Waals surface area contributed by atoms with E-state index in [1.807, 2.05) is 0 Å². The maximum Gasteiger partial charge on any atom is 0.152 e. The Hall–Kier alpha value is -0.660. The van der Waals surface area contributed by atoms with Crippen LogP contribution in [0.25, 0.3) is 11.0 Å². The van der Waals surface area contributed by atoms with Crippen molar-refractivity contribution in [2.24, 2.45) is 0 Å². The summed E-state index contributed by atoms with van der Waals surface area (Å²) in [6, 6.07) is 2.73. The van der Waals surface area contributed by atoms with Gasteiger partial charge in [0.1, 0.15) is 11.6 Å². The molecule has 2 aromatic rings. The van der Waals surface area contributed by atoms with E-state index < -0.39 is 15.7 Å². The zero-order valence-corrected chi connectivity index (χ0v) is 14.3. The Bertz CT molecular complexity index is 819. The molecule has 0 spiro atoms. The van der Waals surface area contributed by atoms with E-state index in [4.69, 9.17) is 11.6 Å². The van der Waals surface area contributed by atoms with Crippen molar-refractivity contribution in [3.8, 4) is 0 Å². The van der Waals surface area contributed by atoms with Crippen LogP contribution in [-0.2, 0) is 9.84 Å². The molecule has 1 aromatic heterocycles. The Morgan fingerprint density at radius 2 is 2.24 bits per heavy atom. The number of halogens is 3. The topological polar surface area (TPSA) is 52.0 Å². The summed E-state index contributed by atoms with van der Waals surface area (Å²) in [6.45, 7) is 1.77. The van der Waals surface area contributed by atoms with Crippen molar-refractivity contribution in [3.63, 3.8) is 0 Å². The molecule has 0 amide bonds. The highest BCUT2D eigenvalue weighted by Gasteiger charge is 2.32. The lowest BCUT2D eigenvalue weighted by Gasteiger charge is -2.16. The second-order valence-corrected chi connectivity index (χ2v) is 9.01. The van der Waals surface area contributed by atoms with Crippen molar-refractivity contribution in [1.29, 1.82) is 0 Å². The number of nitrogens with zero attached hydrogens (tertiary/aromatic N) is 2. The molecule has 21 heavy (non-hydrogen) atoms. The summed E-state index contributed by atoms with van der Waals surface area (Å²) >= 11 is 9.31. The predicted octanol–water partition coefficient (Wildman–Crippen LogP) is 3.60. The first-order chi connectivity index (χ1) is 9.78. The lowest BCUT2D eigenvalue weighted by molar-refractivity contribution is 0.543. The Morgan fingerprint density at radius 3 is 2.81 bits per heavy atom. The van der Waals surface area contributed by atoms with E-state index in [0.717, 1.165) is 0 Å². The van der Waals surface area contributed by atoms with Gasteiger partial charge in [-0.15, -0.1) is 11.6 Å². The standard InChI is InChI=1S/C13H13BrClFN2O2S/c1-7(15)13-17-11-4-9(14)10(16)5-12(11)18(13)8-2-3-21(19,20)6-8/h4-5,7-8H,2-3,6H2,1H3. The number of fused-ring (bicyclic) bond motifs is 1. The summed E-state index contributed by atoms with van der Waals surface area (Å²) in [5, 5.41) is -0.387. The first-order valence-corrected chi connectivity index (χ1v) is 9.55. The number of hydrogen-bond acceptors (Lipinski definition) is 3. The highest BCUT2D eigenvalue weighted by atomic mass is 79.9. The smallest absolute Gasteiger partial charge is 0.152 e. The zero-order chi connectivity index (χ0) is 15.4. The summed E-state index contributed by atoms with van der Waals surface area (Å²) in [5.41, 5.74) is 1.19. The van der Waals surface area contributed by atoms with E-state index >= 15 is 0 Å². The molecule has 0 N–H and O–H groups in total. The van der Waals surface area contributed by atoms with Crippen LogP contribution in [0.1, 0.15) is 30.6 Å². The second-order valence-electron chi connectivity index (χ2n) is 5.27.